The van der Waals surface area contributed by atoms with Crippen LogP contribution in [0.5, 0.6) is 0 Å². The molecular weight excluding hydrogens is 222 g/mol. The molecule has 4 N–H and O–H groups in total. The highest BCUT2D eigenvalue weighted by atomic mass is 16.4. The molecule has 0 aliphatic heterocycles. The van der Waals surface area contributed by atoms with Gasteiger partial charge in [0.1, 0.15) is 0 Å². The predicted octanol–water partition coefficient (Wildman–Crippen LogP) is -0.248. The first-order chi connectivity index (χ1) is 7.91. The van der Waals surface area contributed by atoms with Crippen LogP contribution in [0.15, 0.2) is 12.1 Å². The Morgan fingerprint density at radius 1 is 1.53 bits per heavy atom. The summed E-state index contributed by atoms with van der Waals surface area (Å²) < 4.78 is 1.95. The molecule has 17 heavy (non-hydrogen) atoms. The van der Waals surface area contributed by atoms with Gasteiger partial charge in [-0.1, -0.05) is 0 Å². The van der Waals surface area contributed by atoms with Gasteiger partial charge < -0.3 is 20.7 Å². The van der Waals surface area contributed by atoms with Crippen LogP contribution in [-0.4, -0.2) is 27.6 Å². The zero-order valence-corrected chi connectivity index (χ0v) is 9.93. The molecule has 0 saturated carbocycles. The lowest BCUT2D eigenvalue weighted by Gasteiger charge is -2.11. The number of aliphatic carboxylic acids is 1. The first kappa shape index (κ1) is 13.2. The first-order valence-corrected chi connectivity index (χ1v) is 5.28. The lowest BCUT2D eigenvalue weighted by Crippen LogP contribution is -2.41. The molecule has 0 fully saturated rings. The van der Waals surface area contributed by atoms with Gasteiger partial charge in [0.25, 0.3) is 0 Å². The average Bonchev–Trinajstić information content (AvgIpc) is 2.55. The Bertz CT molecular complexity index is 426. The summed E-state index contributed by atoms with van der Waals surface area (Å²) in [5.41, 5.74) is 7.46. The number of nitrogens with zero attached hydrogens (tertiary/aromatic N) is 1. The van der Waals surface area contributed by atoms with Crippen LogP contribution < -0.4 is 11.1 Å². The van der Waals surface area contributed by atoms with Gasteiger partial charge in [0.15, 0.2) is 0 Å². The third-order valence-corrected chi connectivity index (χ3v) is 2.65. The van der Waals surface area contributed by atoms with E-state index in [4.69, 9.17) is 10.8 Å². The van der Waals surface area contributed by atoms with Crippen LogP contribution in [0.25, 0.3) is 0 Å². The van der Waals surface area contributed by atoms with Crippen molar-refractivity contribution in [1.82, 2.24) is 9.88 Å². The monoisotopic (exact) mass is 239 g/mol. The maximum absolute atomic E-state index is 11.5. The summed E-state index contributed by atoms with van der Waals surface area (Å²) in [6.07, 6.45) is -0.363. The summed E-state index contributed by atoms with van der Waals surface area (Å²) in [4.78, 5) is 21.8. The summed E-state index contributed by atoms with van der Waals surface area (Å²) in [5.74, 6) is -1.53. The summed E-state index contributed by atoms with van der Waals surface area (Å²) in [6, 6.07) is 2.84. The third kappa shape index (κ3) is 3.60. The Morgan fingerprint density at radius 3 is 2.65 bits per heavy atom. The van der Waals surface area contributed by atoms with Gasteiger partial charge in [-0.15, -0.1) is 0 Å². The van der Waals surface area contributed by atoms with Crippen LogP contribution >= 0.6 is 0 Å². The van der Waals surface area contributed by atoms with Gasteiger partial charge in [0.05, 0.1) is 19.0 Å². The van der Waals surface area contributed by atoms with E-state index in [1.807, 2.05) is 30.7 Å². The van der Waals surface area contributed by atoms with Crippen LogP contribution in [0, 0.1) is 6.92 Å². The smallest absolute Gasteiger partial charge is 0.305 e. The van der Waals surface area contributed by atoms with Crippen molar-refractivity contribution in [1.29, 1.82) is 0 Å². The summed E-state index contributed by atoms with van der Waals surface area (Å²) in [5, 5.41) is 11.1. The number of aromatic nitrogens is 1. The summed E-state index contributed by atoms with van der Waals surface area (Å²) >= 11 is 0. The Labute approximate surface area is 99.4 Å². The van der Waals surface area contributed by atoms with Crippen LogP contribution in [-0.2, 0) is 23.2 Å². The van der Waals surface area contributed by atoms with Crippen LogP contribution in [0.3, 0.4) is 0 Å². The van der Waals surface area contributed by atoms with Crippen molar-refractivity contribution in [2.24, 2.45) is 12.8 Å². The SMILES string of the molecule is Cc1ccc(CNC(=O)C(N)CC(=O)O)n1C. The van der Waals surface area contributed by atoms with Gasteiger partial charge in [-0.2, -0.15) is 0 Å². The fraction of sp³-hybridized carbons (Fsp3) is 0.455. The van der Waals surface area contributed by atoms with Crippen molar-refractivity contribution < 1.29 is 14.7 Å². The topological polar surface area (TPSA) is 97.3 Å². The highest BCUT2D eigenvalue weighted by Crippen LogP contribution is 2.05. The number of rotatable bonds is 5. The van der Waals surface area contributed by atoms with Crippen LogP contribution in [0.1, 0.15) is 17.8 Å². The lowest BCUT2D eigenvalue weighted by atomic mass is 10.2. The highest BCUT2D eigenvalue weighted by Gasteiger charge is 2.16. The van der Waals surface area contributed by atoms with E-state index in [9.17, 15) is 9.59 Å². The van der Waals surface area contributed by atoms with E-state index >= 15 is 0 Å². The number of nitrogens with one attached hydrogen (secondary N) is 1. The first-order valence-electron chi connectivity index (χ1n) is 5.28. The zero-order chi connectivity index (χ0) is 13.0. The minimum Gasteiger partial charge on any atom is -0.481 e. The number of carbonyl (C=O) groups is 2. The molecule has 1 aromatic rings. The standard InChI is InChI=1S/C11H17N3O3/c1-7-3-4-8(14(7)2)6-13-11(17)9(12)5-10(15)16/h3-4,9H,5-6,12H2,1-2H3,(H,13,17)(H,15,16). The number of carbonyl (C=O) groups excluding carboxylic acids is 1. The molecule has 1 rings (SSSR count). The van der Waals surface area contributed by atoms with E-state index in [-0.39, 0.29) is 6.42 Å². The van der Waals surface area contributed by atoms with E-state index < -0.39 is 17.9 Å². The Kier molecular flexibility index (Phi) is 4.28. The van der Waals surface area contributed by atoms with Gasteiger partial charge in [0.2, 0.25) is 5.91 Å². The molecule has 1 unspecified atom stereocenters. The van der Waals surface area contributed by atoms with E-state index in [1.165, 1.54) is 0 Å². The van der Waals surface area contributed by atoms with Crippen molar-refractivity contribution in [2.45, 2.75) is 25.9 Å². The van der Waals surface area contributed by atoms with E-state index in [1.54, 1.807) is 0 Å². The predicted molar refractivity (Wildman–Crippen MR) is 62.2 cm³/mol. The number of carboxylic acid groups (broad SMARTS) is 1. The minimum atomic E-state index is -1.08. The number of carboxylic acids is 1. The molecule has 1 aromatic heterocycles. The fourth-order valence-electron chi connectivity index (χ4n) is 1.43. The molecule has 6 heteroatoms. The number of hydrogen-bond donors (Lipinski definition) is 3. The maximum Gasteiger partial charge on any atom is 0.305 e. The molecule has 6 nitrogen and oxygen atoms in total. The van der Waals surface area contributed by atoms with Gasteiger partial charge in [0, 0.05) is 18.4 Å². The third-order valence-electron chi connectivity index (χ3n) is 2.65. The van der Waals surface area contributed by atoms with Gasteiger partial charge in [-0.3, -0.25) is 9.59 Å². The fourth-order valence-corrected chi connectivity index (χ4v) is 1.43. The quantitative estimate of drug-likeness (QED) is 0.660. The lowest BCUT2D eigenvalue weighted by molar-refractivity contribution is -0.139. The maximum atomic E-state index is 11.5. The Morgan fingerprint density at radius 2 is 2.18 bits per heavy atom. The zero-order valence-electron chi connectivity index (χ0n) is 9.93. The molecule has 0 aliphatic carbocycles. The molecule has 1 amide bonds. The van der Waals surface area contributed by atoms with Gasteiger partial charge in [-0.25, -0.2) is 0 Å². The average molecular weight is 239 g/mol. The molecule has 0 radical (unpaired) electrons. The molecular formula is C11H17N3O3. The van der Waals surface area contributed by atoms with E-state index in [0.717, 1.165) is 11.4 Å². The molecule has 0 bridgehead atoms. The normalized spacial score (nSPS) is 12.2. The van der Waals surface area contributed by atoms with Crippen LogP contribution in [0.2, 0.25) is 0 Å². The molecule has 94 valence electrons. The summed E-state index contributed by atoms with van der Waals surface area (Å²) in [7, 11) is 1.90. The van der Waals surface area contributed by atoms with E-state index in [0.29, 0.717) is 6.54 Å². The van der Waals surface area contributed by atoms with Crippen molar-refractivity contribution in [3.8, 4) is 0 Å². The number of hydrogen-bond acceptors (Lipinski definition) is 3. The van der Waals surface area contributed by atoms with Crippen molar-refractivity contribution >= 4 is 11.9 Å². The van der Waals surface area contributed by atoms with Crippen LogP contribution in [0.4, 0.5) is 0 Å². The van der Waals surface area contributed by atoms with Crippen molar-refractivity contribution in [3.63, 3.8) is 0 Å². The van der Waals surface area contributed by atoms with Crippen molar-refractivity contribution in [2.75, 3.05) is 0 Å². The van der Waals surface area contributed by atoms with Gasteiger partial charge in [-0.05, 0) is 19.1 Å². The van der Waals surface area contributed by atoms with Crippen molar-refractivity contribution in [3.05, 3.63) is 23.5 Å². The second-order valence-electron chi connectivity index (χ2n) is 3.95. The molecule has 0 aromatic carbocycles. The summed E-state index contributed by atoms with van der Waals surface area (Å²) in [6.45, 7) is 2.30. The van der Waals surface area contributed by atoms with E-state index in [2.05, 4.69) is 5.32 Å². The molecule has 1 heterocycles. The molecule has 0 spiro atoms. The second-order valence-corrected chi connectivity index (χ2v) is 3.95. The number of nitrogens with two attached hydrogens (primary N) is 1. The molecule has 0 aliphatic rings. The Balaban J connectivity index is 2.48. The number of amides is 1. The molecule has 0 saturated heterocycles. The molecule has 1 atom stereocenters. The van der Waals surface area contributed by atoms with Gasteiger partial charge >= 0.3 is 5.97 Å². The largest absolute Gasteiger partial charge is 0.481 e. The second kappa shape index (κ2) is 5.49. The minimum absolute atomic E-state index is 0.344. The number of aryl methyl sites for hydroxylation is 1. The highest BCUT2D eigenvalue weighted by molar-refractivity contribution is 5.85. The Hall–Kier alpha value is -1.82.